The number of morpholine rings is 1. The number of thiocarbonyl (C=S) groups is 1. The molecule has 0 atom stereocenters. The van der Waals surface area contributed by atoms with E-state index in [0.29, 0.717) is 42.1 Å². The number of pyridine rings is 1. The fraction of sp³-hybridized carbons (Fsp3) is 0.250. The number of aromatic nitrogens is 2. The topological polar surface area (TPSA) is 67.7 Å². The molecule has 0 radical (unpaired) electrons. The zero-order valence-electron chi connectivity index (χ0n) is 18.1. The van der Waals surface area contributed by atoms with Crippen molar-refractivity contribution in [1.82, 2.24) is 19.4 Å². The summed E-state index contributed by atoms with van der Waals surface area (Å²) in [7, 11) is 0. The number of carbonyl (C=O) groups is 2. The first-order valence-electron chi connectivity index (χ1n) is 10.8. The Labute approximate surface area is 214 Å². The van der Waals surface area contributed by atoms with Crippen molar-refractivity contribution in [2.45, 2.75) is 13.1 Å². The van der Waals surface area contributed by atoms with Gasteiger partial charge in [0.25, 0.3) is 5.91 Å². The van der Waals surface area contributed by atoms with Crippen LogP contribution in [0.15, 0.2) is 58.3 Å². The first kappa shape index (κ1) is 23.2. The summed E-state index contributed by atoms with van der Waals surface area (Å²) in [5.74, 6) is -0.0726. The predicted octanol–water partition coefficient (Wildman–Crippen LogP) is 4.06. The summed E-state index contributed by atoms with van der Waals surface area (Å²) < 4.78 is 8.75. The first-order chi connectivity index (χ1) is 16.5. The van der Waals surface area contributed by atoms with Crippen LogP contribution in [-0.2, 0) is 27.4 Å². The van der Waals surface area contributed by atoms with E-state index < -0.39 is 0 Å². The van der Waals surface area contributed by atoms with Crippen molar-refractivity contribution in [2.24, 2.45) is 0 Å². The zero-order valence-corrected chi connectivity index (χ0v) is 21.4. The van der Waals surface area contributed by atoms with Gasteiger partial charge in [0.15, 0.2) is 0 Å². The van der Waals surface area contributed by atoms with Gasteiger partial charge < -0.3 is 14.2 Å². The lowest BCUT2D eigenvalue weighted by molar-refractivity contribution is -0.135. The lowest BCUT2D eigenvalue weighted by Crippen LogP contribution is -2.42. The molecule has 1 aromatic carbocycles. The molecule has 4 heterocycles. The van der Waals surface area contributed by atoms with Crippen LogP contribution in [0.2, 0.25) is 0 Å². The van der Waals surface area contributed by atoms with Gasteiger partial charge in [-0.05, 0) is 35.9 Å². The van der Waals surface area contributed by atoms with Crippen molar-refractivity contribution in [3.8, 4) is 0 Å². The third-order valence-corrected chi connectivity index (χ3v) is 7.64. The third kappa shape index (κ3) is 4.81. The van der Waals surface area contributed by atoms with Gasteiger partial charge in [-0.1, -0.05) is 46.0 Å². The number of nitrogens with zero attached hydrogens (tertiary/aromatic N) is 4. The number of ether oxygens (including phenoxy) is 1. The van der Waals surface area contributed by atoms with Gasteiger partial charge in [0.1, 0.15) is 10.9 Å². The number of fused-ring (bicyclic) bond motifs is 1. The maximum Gasteiger partial charge on any atom is 0.266 e. The first-order valence-corrected chi connectivity index (χ1v) is 12.8. The van der Waals surface area contributed by atoms with E-state index in [0.717, 1.165) is 26.5 Å². The van der Waals surface area contributed by atoms with Gasteiger partial charge in [-0.2, -0.15) is 0 Å². The number of hydrogen-bond acceptors (Lipinski definition) is 6. The molecule has 5 rings (SSSR count). The standard InChI is InChI=1S/C24H21BrN4O3S2/c25-18-3-4-20-19(11-18)17(14-28(20)15-22(30)27-6-8-32-9-7-27)10-21-23(31)29(24(33)34-21)13-16-2-1-5-26-12-16/h1-5,10-12,14H,6-9,13,15H2/b21-10-. The van der Waals surface area contributed by atoms with E-state index in [4.69, 9.17) is 17.0 Å². The molecule has 7 nitrogen and oxygen atoms in total. The summed E-state index contributed by atoms with van der Waals surface area (Å²) in [6.07, 6.45) is 7.24. The van der Waals surface area contributed by atoms with Gasteiger partial charge in [-0.25, -0.2) is 0 Å². The summed E-state index contributed by atoms with van der Waals surface area (Å²) in [5, 5.41) is 0.960. The van der Waals surface area contributed by atoms with Gasteiger partial charge in [-0.15, -0.1) is 0 Å². The summed E-state index contributed by atoms with van der Waals surface area (Å²) in [5.41, 5.74) is 2.72. The largest absolute Gasteiger partial charge is 0.378 e. The average Bonchev–Trinajstić information content (AvgIpc) is 3.31. The van der Waals surface area contributed by atoms with Crippen molar-refractivity contribution >= 4 is 73.0 Å². The molecule has 2 saturated heterocycles. The highest BCUT2D eigenvalue weighted by Gasteiger charge is 2.32. The third-order valence-electron chi connectivity index (χ3n) is 5.77. The number of amides is 2. The summed E-state index contributed by atoms with van der Waals surface area (Å²) >= 11 is 10.3. The molecular formula is C24H21BrN4O3S2. The zero-order chi connectivity index (χ0) is 23.7. The highest BCUT2D eigenvalue weighted by atomic mass is 79.9. The number of thioether (sulfide) groups is 1. The van der Waals surface area contributed by atoms with Gasteiger partial charge in [0.05, 0.1) is 24.7 Å². The maximum atomic E-state index is 13.2. The number of hydrogen-bond donors (Lipinski definition) is 0. The molecule has 2 fully saturated rings. The van der Waals surface area contributed by atoms with Crippen LogP contribution in [0.1, 0.15) is 11.1 Å². The second kappa shape index (κ2) is 9.99. The average molecular weight is 557 g/mol. The van der Waals surface area contributed by atoms with E-state index in [1.54, 1.807) is 17.3 Å². The SMILES string of the molecule is O=C(Cn1cc(/C=C2\SC(=S)N(Cc3cccnc3)C2=O)c2cc(Br)ccc21)N1CCOCC1. The van der Waals surface area contributed by atoms with Gasteiger partial charge >= 0.3 is 0 Å². The van der Waals surface area contributed by atoms with Crippen molar-refractivity contribution in [3.63, 3.8) is 0 Å². The van der Waals surface area contributed by atoms with Crippen LogP contribution in [-0.4, -0.2) is 61.8 Å². The highest BCUT2D eigenvalue weighted by molar-refractivity contribution is 9.10. The summed E-state index contributed by atoms with van der Waals surface area (Å²) in [6.45, 7) is 2.96. The van der Waals surface area contributed by atoms with E-state index >= 15 is 0 Å². The fourth-order valence-electron chi connectivity index (χ4n) is 4.05. The predicted molar refractivity (Wildman–Crippen MR) is 140 cm³/mol. The second-order valence-corrected chi connectivity index (χ2v) is 10.6. The molecule has 0 spiro atoms. The second-order valence-electron chi connectivity index (χ2n) is 8.00. The van der Waals surface area contributed by atoms with Crippen LogP contribution in [0.25, 0.3) is 17.0 Å². The number of benzene rings is 1. The number of carbonyl (C=O) groups excluding carboxylic acids is 2. The van der Waals surface area contributed by atoms with Gasteiger partial charge in [-0.3, -0.25) is 19.5 Å². The number of halogens is 1. The fourth-order valence-corrected chi connectivity index (χ4v) is 5.66. The van der Waals surface area contributed by atoms with Crippen LogP contribution < -0.4 is 0 Å². The molecule has 2 aliphatic rings. The summed E-state index contributed by atoms with van der Waals surface area (Å²) in [6, 6.07) is 9.71. The molecule has 3 aromatic rings. The van der Waals surface area contributed by atoms with Gasteiger partial charge in [0, 0.05) is 52.6 Å². The Morgan fingerprint density at radius 2 is 2.09 bits per heavy atom. The van der Waals surface area contributed by atoms with Crippen LogP contribution in [0.3, 0.4) is 0 Å². The molecule has 0 N–H and O–H groups in total. The van der Waals surface area contributed by atoms with Crippen molar-refractivity contribution in [3.05, 3.63) is 69.4 Å². The Morgan fingerprint density at radius 3 is 2.85 bits per heavy atom. The lowest BCUT2D eigenvalue weighted by Gasteiger charge is -2.27. The van der Waals surface area contributed by atoms with E-state index in [-0.39, 0.29) is 18.4 Å². The molecule has 0 aliphatic carbocycles. The smallest absolute Gasteiger partial charge is 0.266 e. The van der Waals surface area contributed by atoms with Crippen LogP contribution in [0.4, 0.5) is 0 Å². The van der Waals surface area contributed by atoms with Crippen LogP contribution in [0.5, 0.6) is 0 Å². The molecule has 2 amide bonds. The van der Waals surface area contributed by atoms with Crippen molar-refractivity contribution < 1.29 is 14.3 Å². The molecule has 0 unspecified atom stereocenters. The molecular weight excluding hydrogens is 536 g/mol. The van der Waals surface area contributed by atoms with Crippen molar-refractivity contribution in [2.75, 3.05) is 26.3 Å². The number of rotatable bonds is 5. The molecule has 2 aromatic heterocycles. The Bertz CT molecular complexity index is 1300. The molecule has 0 bridgehead atoms. The molecule has 2 aliphatic heterocycles. The minimum Gasteiger partial charge on any atom is -0.378 e. The Hall–Kier alpha value is -2.53. The van der Waals surface area contributed by atoms with E-state index in [2.05, 4.69) is 20.9 Å². The minimum atomic E-state index is -0.126. The molecule has 0 saturated carbocycles. The van der Waals surface area contributed by atoms with E-state index in [9.17, 15) is 9.59 Å². The van der Waals surface area contributed by atoms with Crippen LogP contribution in [0, 0.1) is 0 Å². The minimum absolute atomic E-state index is 0.0532. The Kier molecular flexibility index (Phi) is 6.82. The highest BCUT2D eigenvalue weighted by Crippen LogP contribution is 2.35. The Morgan fingerprint density at radius 1 is 1.26 bits per heavy atom. The summed E-state index contributed by atoms with van der Waals surface area (Å²) in [4.78, 5) is 34.1. The molecule has 10 heteroatoms. The van der Waals surface area contributed by atoms with Gasteiger partial charge in [0.2, 0.25) is 5.91 Å². The Balaban J connectivity index is 1.44. The normalized spacial score (nSPS) is 17.9. The van der Waals surface area contributed by atoms with E-state index in [1.807, 2.05) is 52.1 Å². The van der Waals surface area contributed by atoms with E-state index in [1.165, 1.54) is 11.8 Å². The molecule has 174 valence electrons. The molecule has 34 heavy (non-hydrogen) atoms. The quantitative estimate of drug-likeness (QED) is 0.348. The monoisotopic (exact) mass is 556 g/mol. The van der Waals surface area contributed by atoms with Crippen LogP contribution >= 0.6 is 39.9 Å². The van der Waals surface area contributed by atoms with Crippen molar-refractivity contribution in [1.29, 1.82) is 0 Å². The lowest BCUT2D eigenvalue weighted by atomic mass is 10.1. The maximum absolute atomic E-state index is 13.2.